The van der Waals surface area contributed by atoms with Gasteiger partial charge in [0.1, 0.15) is 0 Å². The second-order valence-corrected chi connectivity index (χ2v) is 5.63. The number of hydrogen-bond acceptors (Lipinski definition) is 4. The molecular formula is C13H17BrN2O3. The number of nitro benzene ring substituents is 1. The van der Waals surface area contributed by atoms with Crippen LogP contribution in [0.4, 0.5) is 5.69 Å². The smallest absolute Gasteiger partial charge is 0.312 e. The van der Waals surface area contributed by atoms with E-state index in [1.54, 1.807) is 12.1 Å². The van der Waals surface area contributed by atoms with Gasteiger partial charge in [0.2, 0.25) is 0 Å². The van der Waals surface area contributed by atoms with Crippen molar-refractivity contribution >= 4 is 21.6 Å². The number of piperidine rings is 1. The summed E-state index contributed by atoms with van der Waals surface area (Å²) in [4.78, 5) is 10.5. The third-order valence-corrected chi connectivity index (χ3v) is 3.79. The van der Waals surface area contributed by atoms with Gasteiger partial charge in [-0.05, 0) is 50.4 Å². The van der Waals surface area contributed by atoms with Crippen molar-refractivity contribution in [2.75, 3.05) is 19.7 Å². The average molecular weight is 329 g/mol. The third kappa shape index (κ3) is 4.18. The Kier molecular flexibility index (Phi) is 5.15. The molecule has 6 heteroatoms. The van der Waals surface area contributed by atoms with Crippen LogP contribution >= 0.6 is 15.9 Å². The molecule has 0 aromatic heterocycles. The van der Waals surface area contributed by atoms with Crippen LogP contribution in [0.3, 0.4) is 0 Å². The molecule has 19 heavy (non-hydrogen) atoms. The van der Waals surface area contributed by atoms with E-state index in [-0.39, 0.29) is 5.69 Å². The molecule has 1 N–H and O–H groups in total. The highest BCUT2D eigenvalue weighted by molar-refractivity contribution is 9.10. The summed E-state index contributed by atoms with van der Waals surface area (Å²) in [6, 6.07) is 4.86. The van der Waals surface area contributed by atoms with Gasteiger partial charge in [0.25, 0.3) is 0 Å². The molecule has 0 amide bonds. The number of ether oxygens (including phenoxy) is 1. The number of benzene rings is 1. The normalized spacial score (nSPS) is 19.1. The first kappa shape index (κ1) is 14.3. The van der Waals surface area contributed by atoms with E-state index in [0.717, 1.165) is 19.5 Å². The van der Waals surface area contributed by atoms with Crippen LogP contribution in [0.25, 0.3) is 0 Å². The Balaban J connectivity index is 1.89. The van der Waals surface area contributed by atoms with Crippen LogP contribution in [0.1, 0.15) is 19.3 Å². The van der Waals surface area contributed by atoms with Gasteiger partial charge in [0.15, 0.2) is 5.75 Å². The first-order chi connectivity index (χ1) is 9.16. The molecule has 0 saturated carbocycles. The van der Waals surface area contributed by atoms with Crippen LogP contribution in [0.2, 0.25) is 0 Å². The Morgan fingerprint density at radius 1 is 1.53 bits per heavy atom. The first-order valence-electron chi connectivity index (χ1n) is 6.44. The molecular weight excluding hydrogens is 312 g/mol. The molecule has 1 aromatic rings. The van der Waals surface area contributed by atoms with Crippen molar-refractivity contribution in [1.82, 2.24) is 5.32 Å². The van der Waals surface area contributed by atoms with Crippen LogP contribution in [0, 0.1) is 16.0 Å². The Morgan fingerprint density at radius 3 is 3.05 bits per heavy atom. The summed E-state index contributed by atoms with van der Waals surface area (Å²) in [6.45, 7) is 2.64. The van der Waals surface area contributed by atoms with E-state index in [2.05, 4.69) is 21.2 Å². The number of nitrogens with zero attached hydrogens (tertiary/aromatic N) is 1. The van der Waals surface area contributed by atoms with Crippen LogP contribution in [-0.4, -0.2) is 24.6 Å². The second kappa shape index (κ2) is 6.86. The highest BCUT2D eigenvalue weighted by atomic mass is 79.9. The number of nitrogens with one attached hydrogen (secondary N) is 1. The SMILES string of the molecule is O=[N+]([O-])c1cc(Br)ccc1OCC[C@H]1CCCNC1. The summed E-state index contributed by atoms with van der Waals surface area (Å²) in [7, 11) is 0. The molecule has 0 bridgehead atoms. The maximum absolute atomic E-state index is 10.9. The van der Waals surface area contributed by atoms with Gasteiger partial charge in [0, 0.05) is 10.5 Å². The molecule has 5 nitrogen and oxygen atoms in total. The molecule has 1 atom stereocenters. The van der Waals surface area contributed by atoms with E-state index < -0.39 is 4.92 Å². The van der Waals surface area contributed by atoms with Gasteiger partial charge in [0.05, 0.1) is 11.5 Å². The van der Waals surface area contributed by atoms with Gasteiger partial charge >= 0.3 is 5.69 Å². The Morgan fingerprint density at radius 2 is 2.37 bits per heavy atom. The van der Waals surface area contributed by atoms with Gasteiger partial charge in [-0.2, -0.15) is 0 Å². The molecule has 1 aliphatic rings. The molecule has 1 heterocycles. The first-order valence-corrected chi connectivity index (χ1v) is 7.23. The van der Waals surface area contributed by atoms with Crippen LogP contribution in [0.5, 0.6) is 5.75 Å². The van der Waals surface area contributed by atoms with Crippen molar-refractivity contribution in [2.45, 2.75) is 19.3 Å². The van der Waals surface area contributed by atoms with Crippen molar-refractivity contribution in [3.63, 3.8) is 0 Å². The van der Waals surface area contributed by atoms with E-state index >= 15 is 0 Å². The Bertz CT molecular complexity index is 448. The summed E-state index contributed by atoms with van der Waals surface area (Å²) < 4.78 is 6.25. The summed E-state index contributed by atoms with van der Waals surface area (Å²) in [6.07, 6.45) is 3.34. The third-order valence-electron chi connectivity index (χ3n) is 3.30. The van der Waals surface area contributed by atoms with E-state index in [1.807, 2.05) is 0 Å². The Hall–Kier alpha value is -1.14. The van der Waals surface area contributed by atoms with Crippen LogP contribution in [0.15, 0.2) is 22.7 Å². The lowest BCUT2D eigenvalue weighted by Gasteiger charge is -2.22. The lowest BCUT2D eigenvalue weighted by Crippen LogP contribution is -2.30. The minimum absolute atomic E-state index is 0.0103. The summed E-state index contributed by atoms with van der Waals surface area (Å²) >= 11 is 3.23. The molecule has 0 radical (unpaired) electrons. The van der Waals surface area contributed by atoms with Crippen molar-refractivity contribution in [2.24, 2.45) is 5.92 Å². The highest BCUT2D eigenvalue weighted by Crippen LogP contribution is 2.30. The van der Waals surface area contributed by atoms with Gasteiger partial charge in [-0.3, -0.25) is 10.1 Å². The van der Waals surface area contributed by atoms with Gasteiger partial charge in [-0.25, -0.2) is 0 Å². The standard InChI is InChI=1S/C13H17BrN2O3/c14-11-3-4-13(12(8-11)16(17)18)19-7-5-10-2-1-6-15-9-10/h3-4,8,10,15H,1-2,5-7,9H2/t10-/m1/s1. The predicted octanol–water partition coefficient (Wildman–Crippen LogP) is 3.13. The fraction of sp³-hybridized carbons (Fsp3) is 0.538. The Labute approximate surface area is 120 Å². The van der Waals surface area contributed by atoms with E-state index in [9.17, 15) is 10.1 Å². The number of rotatable bonds is 5. The average Bonchev–Trinajstić information content (AvgIpc) is 2.41. The van der Waals surface area contributed by atoms with E-state index in [0.29, 0.717) is 22.7 Å². The molecule has 1 aliphatic heterocycles. The maximum Gasteiger partial charge on any atom is 0.312 e. The zero-order chi connectivity index (χ0) is 13.7. The van der Waals surface area contributed by atoms with Crippen molar-refractivity contribution in [3.05, 3.63) is 32.8 Å². The predicted molar refractivity (Wildman–Crippen MR) is 76.5 cm³/mol. The van der Waals surface area contributed by atoms with E-state index in [4.69, 9.17) is 4.74 Å². The molecule has 1 fully saturated rings. The molecule has 0 aliphatic carbocycles. The van der Waals surface area contributed by atoms with Crippen molar-refractivity contribution in [3.8, 4) is 5.75 Å². The van der Waals surface area contributed by atoms with Crippen LogP contribution < -0.4 is 10.1 Å². The molecule has 104 valence electrons. The molecule has 1 saturated heterocycles. The summed E-state index contributed by atoms with van der Waals surface area (Å²) in [5, 5.41) is 14.3. The van der Waals surface area contributed by atoms with E-state index in [1.165, 1.54) is 18.9 Å². The molecule has 0 spiro atoms. The monoisotopic (exact) mass is 328 g/mol. The van der Waals surface area contributed by atoms with Crippen molar-refractivity contribution < 1.29 is 9.66 Å². The quantitative estimate of drug-likeness (QED) is 0.666. The minimum atomic E-state index is -0.414. The zero-order valence-electron chi connectivity index (χ0n) is 10.6. The lowest BCUT2D eigenvalue weighted by molar-refractivity contribution is -0.385. The van der Waals surface area contributed by atoms with Gasteiger partial charge in [-0.1, -0.05) is 15.9 Å². The molecule has 2 rings (SSSR count). The number of hydrogen-bond donors (Lipinski definition) is 1. The van der Waals surface area contributed by atoms with Crippen molar-refractivity contribution in [1.29, 1.82) is 0 Å². The zero-order valence-corrected chi connectivity index (χ0v) is 12.2. The largest absolute Gasteiger partial charge is 0.487 e. The fourth-order valence-corrected chi connectivity index (χ4v) is 2.61. The summed E-state index contributed by atoms with van der Waals surface area (Å²) in [5.74, 6) is 0.959. The van der Waals surface area contributed by atoms with Gasteiger partial charge < -0.3 is 10.1 Å². The topological polar surface area (TPSA) is 64.4 Å². The summed E-state index contributed by atoms with van der Waals surface area (Å²) in [5.41, 5.74) is 0.0103. The van der Waals surface area contributed by atoms with Crippen LogP contribution in [-0.2, 0) is 0 Å². The van der Waals surface area contributed by atoms with Gasteiger partial charge in [-0.15, -0.1) is 0 Å². The second-order valence-electron chi connectivity index (χ2n) is 4.72. The fourth-order valence-electron chi connectivity index (χ4n) is 2.26. The highest BCUT2D eigenvalue weighted by Gasteiger charge is 2.17. The lowest BCUT2D eigenvalue weighted by atomic mass is 9.97. The molecule has 0 unspecified atom stereocenters. The molecule has 1 aromatic carbocycles. The number of halogens is 1. The number of nitro groups is 1. The minimum Gasteiger partial charge on any atom is -0.487 e. The maximum atomic E-state index is 10.9.